The van der Waals surface area contributed by atoms with Crippen LogP contribution in [0.5, 0.6) is 0 Å². The molecule has 2 N–H and O–H groups in total. The second-order valence-corrected chi connectivity index (χ2v) is 7.52. The number of ether oxygens (including phenoxy) is 1. The fraction of sp³-hybridized carbons (Fsp3) is 0.571. The van der Waals surface area contributed by atoms with Gasteiger partial charge < -0.3 is 10.5 Å². The first-order chi connectivity index (χ1) is 9.91. The van der Waals surface area contributed by atoms with E-state index in [4.69, 9.17) is 10.5 Å². The van der Waals surface area contributed by atoms with Crippen molar-refractivity contribution in [2.45, 2.75) is 43.2 Å². The van der Waals surface area contributed by atoms with Crippen molar-refractivity contribution in [3.8, 4) is 0 Å². The van der Waals surface area contributed by atoms with E-state index in [2.05, 4.69) is 0 Å². The van der Waals surface area contributed by atoms with Gasteiger partial charge >= 0.3 is 0 Å². The first-order valence-corrected chi connectivity index (χ1v) is 8.54. The van der Waals surface area contributed by atoms with Crippen LogP contribution in [0.3, 0.4) is 0 Å². The van der Waals surface area contributed by atoms with E-state index >= 15 is 0 Å². The minimum absolute atomic E-state index is 0.0216. The Morgan fingerprint density at radius 1 is 1.38 bits per heavy atom. The number of halogens is 1. The lowest BCUT2D eigenvalue weighted by Gasteiger charge is -2.36. The highest BCUT2D eigenvalue weighted by Gasteiger charge is 2.42. The van der Waals surface area contributed by atoms with Crippen LogP contribution < -0.4 is 5.73 Å². The number of rotatable bonds is 2. The standard InChI is InChI=1S/C14H19FN2O3S/c1-9-7-10(15)11(16)8-14(9)21(18,19)17-5-6-20-13-4-2-3-12(13)17/h7-8,12-13H,2-6,16H2,1H3. The van der Waals surface area contributed by atoms with E-state index in [0.717, 1.165) is 19.3 Å². The van der Waals surface area contributed by atoms with Gasteiger partial charge in [0, 0.05) is 6.54 Å². The summed E-state index contributed by atoms with van der Waals surface area (Å²) in [6.45, 7) is 2.32. The molecular formula is C14H19FN2O3S. The van der Waals surface area contributed by atoms with Gasteiger partial charge in [-0.15, -0.1) is 0 Å². The second-order valence-electron chi connectivity index (χ2n) is 5.66. The molecule has 2 fully saturated rings. The van der Waals surface area contributed by atoms with Crippen LogP contribution in [-0.2, 0) is 14.8 Å². The van der Waals surface area contributed by atoms with E-state index < -0.39 is 15.8 Å². The molecule has 1 aliphatic heterocycles. The zero-order valence-corrected chi connectivity index (χ0v) is 12.7. The molecule has 1 heterocycles. The van der Waals surface area contributed by atoms with E-state index in [9.17, 15) is 12.8 Å². The molecule has 2 aliphatic rings. The highest BCUT2D eigenvalue weighted by molar-refractivity contribution is 7.89. The summed E-state index contributed by atoms with van der Waals surface area (Å²) < 4.78 is 46.4. The zero-order valence-electron chi connectivity index (χ0n) is 11.9. The third-order valence-electron chi connectivity index (χ3n) is 4.31. The van der Waals surface area contributed by atoms with Crippen LogP contribution in [0.1, 0.15) is 24.8 Å². The third-order valence-corrected chi connectivity index (χ3v) is 6.38. The number of aryl methyl sites for hydroxylation is 1. The molecule has 0 spiro atoms. The van der Waals surface area contributed by atoms with E-state index in [0.29, 0.717) is 18.7 Å². The van der Waals surface area contributed by atoms with Crippen LogP contribution in [0.4, 0.5) is 10.1 Å². The Hall–Kier alpha value is -1.18. The van der Waals surface area contributed by atoms with Crippen molar-refractivity contribution in [3.05, 3.63) is 23.5 Å². The summed E-state index contributed by atoms with van der Waals surface area (Å²) >= 11 is 0. The average Bonchev–Trinajstić information content (AvgIpc) is 2.90. The quantitative estimate of drug-likeness (QED) is 0.843. The van der Waals surface area contributed by atoms with Gasteiger partial charge in [0.05, 0.1) is 29.3 Å². The molecule has 0 bridgehead atoms. The Balaban J connectivity index is 2.02. The summed E-state index contributed by atoms with van der Waals surface area (Å²) in [5.74, 6) is -0.591. The molecule has 0 radical (unpaired) electrons. The van der Waals surface area contributed by atoms with Crippen LogP contribution in [0.2, 0.25) is 0 Å². The summed E-state index contributed by atoms with van der Waals surface area (Å²) in [4.78, 5) is 0.0916. The van der Waals surface area contributed by atoms with E-state index in [1.54, 1.807) is 6.92 Å². The van der Waals surface area contributed by atoms with Crippen LogP contribution >= 0.6 is 0 Å². The number of fused-ring (bicyclic) bond motifs is 1. The molecule has 1 aliphatic carbocycles. The minimum atomic E-state index is -3.68. The Kier molecular flexibility index (Phi) is 3.67. The zero-order chi connectivity index (χ0) is 15.2. The number of hydrogen-bond acceptors (Lipinski definition) is 4. The molecule has 2 unspecified atom stereocenters. The van der Waals surface area contributed by atoms with Gasteiger partial charge in [-0.05, 0) is 43.9 Å². The molecule has 1 saturated heterocycles. The number of morpholine rings is 1. The number of anilines is 1. The normalized spacial score (nSPS) is 26.8. The lowest BCUT2D eigenvalue weighted by molar-refractivity contribution is -0.0241. The van der Waals surface area contributed by atoms with Gasteiger partial charge in [0.2, 0.25) is 10.0 Å². The van der Waals surface area contributed by atoms with Crippen LogP contribution in [0, 0.1) is 12.7 Å². The van der Waals surface area contributed by atoms with Gasteiger partial charge in [0.25, 0.3) is 0 Å². The van der Waals surface area contributed by atoms with Gasteiger partial charge in [0.15, 0.2) is 0 Å². The van der Waals surface area contributed by atoms with E-state index in [-0.39, 0.29) is 22.7 Å². The van der Waals surface area contributed by atoms with Crippen molar-refractivity contribution >= 4 is 15.7 Å². The minimum Gasteiger partial charge on any atom is -0.396 e. The first kappa shape index (κ1) is 14.7. The maximum absolute atomic E-state index is 13.5. The van der Waals surface area contributed by atoms with Gasteiger partial charge in [-0.1, -0.05) is 0 Å². The Morgan fingerprint density at radius 3 is 2.90 bits per heavy atom. The number of hydrogen-bond donors (Lipinski definition) is 1. The van der Waals surface area contributed by atoms with E-state index in [1.165, 1.54) is 16.4 Å². The van der Waals surface area contributed by atoms with Crippen molar-refractivity contribution in [1.29, 1.82) is 0 Å². The smallest absolute Gasteiger partial charge is 0.243 e. The van der Waals surface area contributed by atoms with Crippen molar-refractivity contribution in [2.75, 3.05) is 18.9 Å². The Labute approximate surface area is 123 Å². The molecule has 0 aromatic heterocycles. The Bertz CT molecular complexity index is 662. The van der Waals surface area contributed by atoms with Crippen molar-refractivity contribution in [3.63, 3.8) is 0 Å². The number of nitrogen functional groups attached to an aromatic ring is 1. The molecule has 1 aromatic rings. The van der Waals surface area contributed by atoms with Gasteiger partial charge in [-0.3, -0.25) is 0 Å². The summed E-state index contributed by atoms with van der Waals surface area (Å²) in [5.41, 5.74) is 5.77. The average molecular weight is 314 g/mol. The highest BCUT2D eigenvalue weighted by atomic mass is 32.2. The third kappa shape index (κ3) is 2.43. The monoisotopic (exact) mass is 314 g/mol. The fourth-order valence-corrected chi connectivity index (χ4v) is 5.17. The number of sulfonamides is 1. The maximum atomic E-state index is 13.5. The van der Waals surface area contributed by atoms with Crippen molar-refractivity contribution in [2.24, 2.45) is 0 Å². The Morgan fingerprint density at radius 2 is 2.14 bits per heavy atom. The molecule has 1 aromatic carbocycles. The molecule has 7 heteroatoms. The predicted octanol–water partition coefficient (Wildman–Crippen LogP) is 1.66. The largest absolute Gasteiger partial charge is 0.396 e. The molecular weight excluding hydrogens is 295 g/mol. The lowest BCUT2D eigenvalue weighted by Crippen LogP contribution is -2.51. The number of nitrogens with zero attached hydrogens (tertiary/aromatic N) is 1. The molecule has 2 atom stereocenters. The first-order valence-electron chi connectivity index (χ1n) is 7.10. The maximum Gasteiger partial charge on any atom is 0.243 e. The molecule has 21 heavy (non-hydrogen) atoms. The second kappa shape index (κ2) is 5.23. The summed E-state index contributed by atoms with van der Waals surface area (Å²) in [6, 6.07) is 2.28. The molecule has 0 amide bonds. The topological polar surface area (TPSA) is 72.6 Å². The van der Waals surface area contributed by atoms with Gasteiger partial charge in [-0.2, -0.15) is 4.31 Å². The van der Waals surface area contributed by atoms with Crippen molar-refractivity contribution < 1.29 is 17.5 Å². The highest BCUT2D eigenvalue weighted by Crippen LogP contribution is 2.34. The van der Waals surface area contributed by atoms with E-state index in [1.807, 2.05) is 0 Å². The summed E-state index contributed by atoms with van der Waals surface area (Å²) in [7, 11) is -3.68. The number of nitrogens with two attached hydrogens (primary N) is 1. The van der Waals surface area contributed by atoms with Gasteiger partial charge in [-0.25, -0.2) is 12.8 Å². The molecule has 5 nitrogen and oxygen atoms in total. The van der Waals surface area contributed by atoms with Crippen molar-refractivity contribution in [1.82, 2.24) is 4.31 Å². The predicted molar refractivity (Wildman–Crippen MR) is 76.8 cm³/mol. The SMILES string of the molecule is Cc1cc(F)c(N)cc1S(=O)(=O)N1CCOC2CCCC21. The summed E-state index contributed by atoms with van der Waals surface area (Å²) in [6.07, 6.45) is 2.64. The fourth-order valence-electron chi connectivity index (χ4n) is 3.26. The van der Waals surface area contributed by atoms with Crippen LogP contribution in [0.25, 0.3) is 0 Å². The summed E-state index contributed by atoms with van der Waals surface area (Å²) in [5, 5.41) is 0. The molecule has 1 saturated carbocycles. The number of benzene rings is 1. The van der Waals surface area contributed by atoms with Gasteiger partial charge in [0.1, 0.15) is 5.82 Å². The lowest BCUT2D eigenvalue weighted by atomic mass is 10.2. The molecule has 116 valence electrons. The molecule has 3 rings (SSSR count). The van der Waals surface area contributed by atoms with Crippen LogP contribution in [-0.4, -0.2) is 38.0 Å². The van der Waals surface area contributed by atoms with Crippen LogP contribution in [0.15, 0.2) is 17.0 Å².